The van der Waals surface area contributed by atoms with E-state index in [4.69, 9.17) is 5.73 Å². The van der Waals surface area contributed by atoms with Crippen LogP contribution in [0.25, 0.3) is 0 Å². The van der Waals surface area contributed by atoms with Crippen LogP contribution in [-0.4, -0.2) is 25.7 Å². The van der Waals surface area contributed by atoms with Gasteiger partial charge in [0.1, 0.15) is 0 Å². The van der Waals surface area contributed by atoms with E-state index < -0.39 is 10.0 Å². The third-order valence-corrected chi connectivity index (χ3v) is 2.61. The van der Waals surface area contributed by atoms with Crippen LogP contribution in [0.3, 0.4) is 0 Å². The van der Waals surface area contributed by atoms with Crippen LogP contribution >= 0.6 is 12.2 Å². The van der Waals surface area contributed by atoms with Gasteiger partial charge in [-0.15, -0.1) is 0 Å². The molecule has 0 radical (unpaired) electrons. The fraction of sp³-hybridized carbons (Fsp3) is 0.800. The van der Waals surface area contributed by atoms with Crippen molar-refractivity contribution in [3.8, 4) is 0 Å². The summed E-state index contributed by atoms with van der Waals surface area (Å²) in [6, 6.07) is 0. The standard InChI is InChI=1S/C5H12N2O2S2/c1-2-3-11(8,9)7-4-5(6)10/h7H,2-4H2,1H3,(H2,6,10). The molecule has 0 saturated heterocycles. The second-order valence-electron chi connectivity index (χ2n) is 2.11. The van der Waals surface area contributed by atoms with Gasteiger partial charge in [-0.3, -0.25) is 0 Å². The number of nitrogens with two attached hydrogens (primary N) is 1. The van der Waals surface area contributed by atoms with Crippen molar-refractivity contribution >= 4 is 27.2 Å². The fourth-order valence-electron chi connectivity index (χ4n) is 0.522. The molecule has 66 valence electrons. The molecular formula is C5H12N2O2S2. The number of thiocarbonyl (C=S) groups is 1. The molecule has 0 saturated carbocycles. The minimum atomic E-state index is -3.14. The van der Waals surface area contributed by atoms with Crippen LogP contribution in [0.5, 0.6) is 0 Å². The summed E-state index contributed by atoms with van der Waals surface area (Å²) in [6.07, 6.45) is 0.590. The summed E-state index contributed by atoms with van der Waals surface area (Å²) in [7, 11) is -3.14. The molecule has 0 bridgehead atoms. The maximum Gasteiger partial charge on any atom is 0.211 e. The molecule has 0 rings (SSSR count). The molecule has 0 aliphatic heterocycles. The van der Waals surface area contributed by atoms with Crippen molar-refractivity contribution < 1.29 is 8.42 Å². The molecule has 0 aromatic carbocycles. The van der Waals surface area contributed by atoms with Gasteiger partial charge >= 0.3 is 0 Å². The maximum absolute atomic E-state index is 10.9. The Hall–Kier alpha value is -0.200. The minimum Gasteiger partial charge on any atom is -0.392 e. The minimum absolute atomic E-state index is 0.0532. The highest BCUT2D eigenvalue weighted by Crippen LogP contribution is 1.86. The van der Waals surface area contributed by atoms with Crippen LogP contribution in [0, 0.1) is 0 Å². The zero-order valence-corrected chi connectivity index (χ0v) is 7.96. The number of hydrogen-bond donors (Lipinski definition) is 2. The van der Waals surface area contributed by atoms with Gasteiger partial charge in [-0.2, -0.15) is 0 Å². The Balaban J connectivity index is 3.84. The van der Waals surface area contributed by atoms with Crippen LogP contribution in [-0.2, 0) is 10.0 Å². The molecule has 0 fully saturated rings. The molecule has 0 heterocycles. The molecule has 3 N–H and O–H groups in total. The van der Waals surface area contributed by atoms with Crippen LogP contribution < -0.4 is 10.5 Å². The summed E-state index contributed by atoms with van der Waals surface area (Å²) < 4.78 is 24.1. The summed E-state index contributed by atoms with van der Waals surface area (Å²) in [4.78, 5) is 0.157. The van der Waals surface area contributed by atoms with Crippen molar-refractivity contribution in [2.45, 2.75) is 13.3 Å². The van der Waals surface area contributed by atoms with Gasteiger partial charge in [-0.25, -0.2) is 13.1 Å². The first-order valence-electron chi connectivity index (χ1n) is 3.23. The smallest absolute Gasteiger partial charge is 0.211 e. The number of sulfonamides is 1. The summed E-state index contributed by atoms with van der Waals surface area (Å²) in [5.74, 6) is 0.121. The van der Waals surface area contributed by atoms with E-state index in [-0.39, 0.29) is 17.3 Å². The van der Waals surface area contributed by atoms with Gasteiger partial charge < -0.3 is 5.73 Å². The van der Waals surface area contributed by atoms with Gasteiger partial charge in [0.25, 0.3) is 0 Å². The normalized spacial score (nSPS) is 11.4. The third kappa shape index (κ3) is 6.21. The zero-order chi connectivity index (χ0) is 8.91. The van der Waals surface area contributed by atoms with Gasteiger partial charge in [-0.1, -0.05) is 19.1 Å². The first kappa shape index (κ1) is 10.8. The number of rotatable bonds is 5. The molecule has 4 nitrogen and oxygen atoms in total. The van der Waals surface area contributed by atoms with E-state index in [2.05, 4.69) is 16.9 Å². The lowest BCUT2D eigenvalue weighted by molar-refractivity contribution is 0.585. The van der Waals surface area contributed by atoms with Crippen molar-refractivity contribution in [3.63, 3.8) is 0 Å². The molecule has 0 aromatic heterocycles. The number of nitrogens with one attached hydrogen (secondary N) is 1. The van der Waals surface area contributed by atoms with Crippen LogP contribution in [0.2, 0.25) is 0 Å². The lowest BCUT2D eigenvalue weighted by atomic mass is 10.6. The molecule has 0 unspecified atom stereocenters. The largest absolute Gasteiger partial charge is 0.392 e. The molecular weight excluding hydrogens is 184 g/mol. The predicted molar refractivity (Wildman–Crippen MR) is 48.9 cm³/mol. The van der Waals surface area contributed by atoms with E-state index in [0.29, 0.717) is 6.42 Å². The average molecular weight is 196 g/mol. The van der Waals surface area contributed by atoms with Gasteiger partial charge in [-0.05, 0) is 6.42 Å². The van der Waals surface area contributed by atoms with Crippen molar-refractivity contribution in [1.29, 1.82) is 0 Å². The molecule has 0 aliphatic carbocycles. The van der Waals surface area contributed by atoms with Gasteiger partial charge in [0.15, 0.2) is 0 Å². The highest BCUT2D eigenvalue weighted by atomic mass is 32.2. The van der Waals surface area contributed by atoms with Crippen LogP contribution in [0.4, 0.5) is 0 Å². The molecule has 0 spiro atoms. The predicted octanol–water partition coefficient (Wildman–Crippen LogP) is -0.398. The fourth-order valence-corrected chi connectivity index (χ4v) is 1.74. The molecule has 0 aromatic rings. The summed E-state index contributed by atoms with van der Waals surface area (Å²) in [5.41, 5.74) is 5.10. The van der Waals surface area contributed by atoms with E-state index in [1.807, 2.05) is 0 Å². The second-order valence-corrected chi connectivity index (χ2v) is 4.56. The van der Waals surface area contributed by atoms with Gasteiger partial charge in [0, 0.05) is 0 Å². The molecule has 0 atom stereocenters. The van der Waals surface area contributed by atoms with Crippen LogP contribution in [0.1, 0.15) is 13.3 Å². The lowest BCUT2D eigenvalue weighted by Gasteiger charge is -2.02. The first-order chi connectivity index (χ1) is 4.98. The SMILES string of the molecule is CCCS(=O)(=O)NCC(N)=S. The Kier molecular flexibility index (Phi) is 4.55. The third-order valence-electron chi connectivity index (χ3n) is 0.939. The average Bonchev–Trinajstić information content (AvgIpc) is 1.84. The Morgan fingerprint density at radius 2 is 2.18 bits per heavy atom. The Morgan fingerprint density at radius 1 is 1.64 bits per heavy atom. The topological polar surface area (TPSA) is 72.2 Å². The van der Waals surface area contributed by atoms with E-state index in [9.17, 15) is 8.42 Å². The highest BCUT2D eigenvalue weighted by molar-refractivity contribution is 7.89. The van der Waals surface area contributed by atoms with E-state index in [1.54, 1.807) is 6.92 Å². The first-order valence-corrected chi connectivity index (χ1v) is 5.29. The Labute approximate surface area is 72.2 Å². The maximum atomic E-state index is 10.9. The van der Waals surface area contributed by atoms with E-state index >= 15 is 0 Å². The summed E-state index contributed by atoms with van der Waals surface area (Å²) >= 11 is 4.50. The van der Waals surface area contributed by atoms with Crippen molar-refractivity contribution in [2.24, 2.45) is 5.73 Å². The lowest BCUT2D eigenvalue weighted by Crippen LogP contribution is -2.33. The van der Waals surface area contributed by atoms with Gasteiger partial charge in [0.2, 0.25) is 10.0 Å². The molecule has 0 aliphatic rings. The molecule has 0 amide bonds. The Morgan fingerprint density at radius 3 is 2.55 bits per heavy atom. The quantitative estimate of drug-likeness (QED) is 0.587. The second kappa shape index (κ2) is 4.63. The van der Waals surface area contributed by atoms with Gasteiger partial charge in [0.05, 0.1) is 17.3 Å². The highest BCUT2D eigenvalue weighted by Gasteiger charge is 2.06. The van der Waals surface area contributed by atoms with E-state index in [0.717, 1.165) is 0 Å². The van der Waals surface area contributed by atoms with E-state index in [1.165, 1.54) is 0 Å². The molecule has 11 heavy (non-hydrogen) atoms. The van der Waals surface area contributed by atoms with Crippen molar-refractivity contribution in [3.05, 3.63) is 0 Å². The Bertz CT molecular complexity index is 223. The van der Waals surface area contributed by atoms with Crippen molar-refractivity contribution in [1.82, 2.24) is 4.72 Å². The number of hydrogen-bond acceptors (Lipinski definition) is 3. The van der Waals surface area contributed by atoms with Crippen molar-refractivity contribution in [2.75, 3.05) is 12.3 Å². The zero-order valence-electron chi connectivity index (χ0n) is 6.33. The summed E-state index contributed by atoms with van der Waals surface area (Å²) in [6.45, 7) is 1.84. The summed E-state index contributed by atoms with van der Waals surface area (Å²) in [5, 5.41) is 0. The van der Waals surface area contributed by atoms with Crippen LogP contribution in [0.15, 0.2) is 0 Å². The monoisotopic (exact) mass is 196 g/mol. The molecule has 6 heteroatoms.